The van der Waals surface area contributed by atoms with Crippen LogP contribution < -0.4 is 10.6 Å². The first-order valence-corrected chi connectivity index (χ1v) is 13.3. The van der Waals surface area contributed by atoms with Crippen molar-refractivity contribution in [2.24, 2.45) is 23.5 Å². The summed E-state index contributed by atoms with van der Waals surface area (Å²) in [5.74, 6) is -5.89. The molecule has 3 aliphatic carbocycles. The summed E-state index contributed by atoms with van der Waals surface area (Å²) in [4.78, 5) is 42.7. The number of benzene rings is 1. The molecular weight excluding hydrogens is 502 g/mol. The summed E-state index contributed by atoms with van der Waals surface area (Å²) in [5.41, 5.74) is 4.02. The lowest BCUT2D eigenvalue weighted by molar-refractivity contribution is -0.153. The molecule has 1 aromatic rings. The lowest BCUT2D eigenvalue weighted by atomic mass is 9.57. The fraction of sp³-hybridized carbons (Fsp3) is 0.552. The van der Waals surface area contributed by atoms with E-state index in [1.165, 1.54) is 4.90 Å². The van der Waals surface area contributed by atoms with Crippen molar-refractivity contribution in [1.29, 1.82) is 0 Å². The number of amides is 1. The third-order valence-electron chi connectivity index (χ3n) is 8.49. The Morgan fingerprint density at radius 1 is 1.15 bits per heavy atom. The van der Waals surface area contributed by atoms with Gasteiger partial charge in [0.05, 0.1) is 11.6 Å². The van der Waals surface area contributed by atoms with Crippen LogP contribution in [-0.4, -0.2) is 82.6 Å². The average molecular weight is 542 g/mol. The van der Waals surface area contributed by atoms with E-state index in [1.54, 1.807) is 14.1 Å². The van der Waals surface area contributed by atoms with Crippen molar-refractivity contribution >= 4 is 28.9 Å². The standard InChI is InChI=1S/C29H39N3O7/c1-13(2)8-7-9-14-12-18(31(3)4)16-10-15-11-17-22(32(5)6)25(35)21(28(30)38)27(37)29(17,39)26(36)19(15)24(34)20(16)23(14)33/h12-13,15,17,22,33-34,37,39H,7-11H2,1-6H3,(H2,30,38)/t15-,17-,22?,29-/m0/s1. The van der Waals surface area contributed by atoms with Crippen LogP contribution in [0.15, 0.2) is 23.0 Å². The lowest BCUT2D eigenvalue weighted by Gasteiger charge is -2.50. The molecule has 10 heteroatoms. The van der Waals surface area contributed by atoms with Crippen molar-refractivity contribution in [1.82, 2.24) is 4.90 Å². The molecule has 212 valence electrons. The first kappa shape index (κ1) is 28.6. The van der Waals surface area contributed by atoms with Gasteiger partial charge in [0.25, 0.3) is 5.91 Å². The van der Waals surface area contributed by atoms with Crippen LogP contribution in [0.1, 0.15) is 49.8 Å². The Bertz CT molecular complexity index is 1310. The lowest BCUT2D eigenvalue weighted by Crippen LogP contribution is -2.65. The summed E-state index contributed by atoms with van der Waals surface area (Å²) >= 11 is 0. The number of hydrogen-bond acceptors (Lipinski definition) is 9. The van der Waals surface area contributed by atoms with Crippen LogP contribution in [-0.2, 0) is 27.2 Å². The first-order chi connectivity index (χ1) is 18.1. The number of aliphatic hydroxyl groups is 3. The van der Waals surface area contributed by atoms with Crippen LogP contribution in [0.2, 0.25) is 0 Å². The molecule has 0 bridgehead atoms. The van der Waals surface area contributed by atoms with E-state index in [-0.39, 0.29) is 29.7 Å². The number of Topliss-reactive ketones (excluding diaryl/α,β-unsaturated/α-hetero) is 2. The zero-order valence-electron chi connectivity index (χ0n) is 23.4. The minimum atomic E-state index is -2.64. The number of rotatable bonds is 7. The van der Waals surface area contributed by atoms with Gasteiger partial charge in [-0.05, 0) is 68.8 Å². The number of carbonyl (C=O) groups excluding carboxylic acids is 3. The van der Waals surface area contributed by atoms with Gasteiger partial charge in [0.2, 0.25) is 5.78 Å². The molecule has 0 aliphatic heterocycles. The summed E-state index contributed by atoms with van der Waals surface area (Å²) in [6, 6.07) is 0.807. The number of aromatic hydroxyl groups is 1. The van der Waals surface area contributed by atoms with E-state index in [0.717, 1.165) is 18.5 Å². The second kappa shape index (κ2) is 9.98. The molecule has 0 saturated heterocycles. The number of carbonyl (C=O) groups is 3. The molecule has 1 amide bonds. The number of aliphatic hydroxyl groups excluding tert-OH is 2. The molecule has 4 rings (SSSR count). The highest BCUT2D eigenvalue weighted by atomic mass is 16.3. The van der Waals surface area contributed by atoms with Gasteiger partial charge in [-0.2, -0.15) is 0 Å². The summed E-state index contributed by atoms with van der Waals surface area (Å²) in [6.07, 6.45) is 2.68. The van der Waals surface area contributed by atoms with Crippen molar-refractivity contribution in [3.8, 4) is 5.75 Å². The van der Waals surface area contributed by atoms with Crippen LogP contribution in [0, 0.1) is 17.8 Å². The summed E-state index contributed by atoms with van der Waals surface area (Å²) in [7, 11) is 6.89. The third-order valence-corrected chi connectivity index (χ3v) is 8.49. The predicted octanol–water partition coefficient (Wildman–Crippen LogP) is 2.01. The van der Waals surface area contributed by atoms with E-state index in [0.29, 0.717) is 23.5 Å². The second-order valence-corrected chi connectivity index (χ2v) is 11.9. The van der Waals surface area contributed by atoms with Crippen molar-refractivity contribution in [2.45, 2.75) is 57.6 Å². The zero-order chi connectivity index (χ0) is 29.1. The van der Waals surface area contributed by atoms with Crippen molar-refractivity contribution in [3.63, 3.8) is 0 Å². The maximum absolute atomic E-state index is 14.0. The molecule has 1 aromatic carbocycles. The summed E-state index contributed by atoms with van der Waals surface area (Å²) < 4.78 is 0. The van der Waals surface area contributed by atoms with Crippen molar-refractivity contribution < 1.29 is 34.8 Å². The molecule has 3 aliphatic rings. The number of hydrogen-bond donors (Lipinski definition) is 5. The predicted molar refractivity (Wildman–Crippen MR) is 146 cm³/mol. The second-order valence-electron chi connectivity index (χ2n) is 11.9. The van der Waals surface area contributed by atoms with E-state index >= 15 is 0 Å². The van der Waals surface area contributed by atoms with Crippen LogP contribution in [0.4, 0.5) is 5.69 Å². The molecule has 0 radical (unpaired) electrons. The quantitative estimate of drug-likeness (QED) is 0.325. The number of primary amides is 1. The van der Waals surface area contributed by atoms with Gasteiger partial charge in [0.15, 0.2) is 11.4 Å². The molecule has 1 unspecified atom stereocenters. The molecule has 0 aromatic heterocycles. The van der Waals surface area contributed by atoms with Gasteiger partial charge in [0.1, 0.15) is 22.8 Å². The molecule has 0 heterocycles. The first-order valence-electron chi connectivity index (χ1n) is 13.3. The number of likely N-dealkylation sites (N-methyl/N-ethyl adjacent to an activating group) is 1. The molecule has 6 N–H and O–H groups in total. The minimum absolute atomic E-state index is 0.0650. The number of nitrogens with two attached hydrogens (primary N) is 1. The normalized spacial score (nSPS) is 26.6. The number of phenols is 1. The van der Waals surface area contributed by atoms with Gasteiger partial charge in [-0.15, -0.1) is 0 Å². The molecular formula is C29H39N3O7. The average Bonchev–Trinajstić information content (AvgIpc) is 2.81. The SMILES string of the molecule is CC(C)CCCc1cc(N(C)C)c2c(c1O)C(O)=C1C(=O)[C@]3(O)C(O)=C(C(N)=O)C(=O)C(N(C)C)[C@@H]3C[C@@H]1C2. The number of fused-ring (bicyclic) bond motifs is 3. The number of phenolic OH excluding ortho intramolecular Hbond substituents is 1. The summed E-state index contributed by atoms with van der Waals surface area (Å²) in [6.45, 7) is 4.24. The molecule has 39 heavy (non-hydrogen) atoms. The van der Waals surface area contributed by atoms with Crippen LogP contribution in [0.25, 0.3) is 5.76 Å². The van der Waals surface area contributed by atoms with Gasteiger partial charge in [0, 0.05) is 31.3 Å². The van der Waals surface area contributed by atoms with Gasteiger partial charge >= 0.3 is 0 Å². The van der Waals surface area contributed by atoms with Crippen molar-refractivity contribution in [3.05, 3.63) is 39.7 Å². The molecule has 10 nitrogen and oxygen atoms in total. The molecule has 1 saturated carbocycles. The largest absolute Gasteiger partial charge is 0.508 e. The van der Waals surface area contributed by atoms with Crippen LogP contribution in [0.5, 0.6) is 5.75 Å². The monoisotopic (exact) mass is 541 g/mol. The third kappa shape index (κ3) is 4.30. The minimum Gasteiger partial charge on any atom is -0.508 e. The Kier molecular flexibility index (Phi) is 7.33. The van der Waals surface area contributed by atoms with Gasteiger partial charge in [-0.25, -0.2) is 0 Å². The fourth-order valence-electron chi connectivity index (χ4n) is 6.64. The van der Waals surface area contributed by atoms with Gasteiger partial charge < -0.3 is 31.1 Å². The Labute approximate surface area is 228 Å². The maximum Gasteiger partial charge on any atom is 0.255 e. The highest BCUT2D eigenvalue weighted by Crippen LogP contribution is 2.54. The Hall–Kier alpha value is -3.37. The zero-order valence-corrected chi connectivity index (χ0v) is 23.4. The van der Waals surface area contributed by atoms with Crippen LogP contribution >= 0.6 is 0 Å². The fourth-order valence-corrected chi connectivity index (χ4v) is 6.64. The summed E-state index contributed by atoms with van der Waals surface area (Å²) in [5, 5.41) is 45.6. The van der Waals surface area contributed by atoms with E-state index in [4.69, 9.17) is 5.73 Å². The highest BCUT2D eigenvalue weighted by Gasteiger charge is 2.64. The number of anilines is 1. The van der Waals surface area contributed by atoms with Crippen molar-refractivity contribution in [2.75, 3.05) is 33.1 Å². The maximum atomic E-state index is 14.0. The molecule has 0 spiro atoms. The molecule has 1 fully saturated rings. The number of aryl methyl sites for hydroxylation is 1. The number of ketones is 2. The Morgan fingerprint density at radius 3 is 2.33 bits per heavy atom. The highest BCUT2D eigenvalue weighted by molar-refractivity contribution is 6.24. The topological polar surface area (TPSA) is 165 Å². The van der Waals surface area contributed by atoms with E-state index in [2.05, 4.69) is 13.8 Å². The van der Waals surface area contributed by atoms with Crippen LogP contribution in [0.3, 0.4) is 0 Å². The number of nitrogens with zero attached hydrogens (tertiary/aromatic N) is 2. The smallest absolute Gasteiger partial charge is 0.255 e. The van der Waals surface area contributed by atoms with E-state index in [1.807, 2.05) is 25.1 Å². The van der Waals surface area contributed by atoms with Gasteiger partial charge in [-0.3, -0.25) is 19.3 Å². The Balaban J connectivity index is 1.93. The van der Waals surface area contributed by atoms with E-state index in [9.17, 15) is 34.8 Å². The van der Waals surface area contributed by atoms with E-state index < -0.39 is 58.0 Å². The Morgan fingerprint density at radius 2 is 1.79 bits per heavy atom. The molecule has 4 atom stereocenters. The van der Waals surface area contributed by atoms with Gasteiger partial charge in [-0.1, -0.05) is 20.3 Å².